The standard InChI is InChI=1S/C13H26N2O2S.C3H6O2/c1-4-10(5-2)15-13(16)12(6-7-18-3)14-8-11-9-17-11;1-2-5-3-4/h10-12,14H,4-9H2,1-3H3,(H,15,16);3H,2H2,1H3. The largest absolute Gasteiger partial charge is 0.468 e. The molecule has 1 rings (SSSR count). The molecule has 2 N–H and O–H groups in total. The van der Waals surface area contributed by atoms with Gasteiger partial charge in [0.2, 0.25) is 5.91 Å². The fourth-order valence-corrected chi connectivity index (χ4v) is 2.36. The molecule has 1 saturated heterocycles. The average molecular weight is 349 g/mol. The summed E-state index contributed by atoms with van der Waals surface area (Å²) < 4.78 is 9.32. The number of ether oxygens (including phenoxy) is 2. The van der Waals surface area contributed by atoms with E-state index in [1.165, 1.54) is 0 Å². The number of epoxide rings is 1. The average Bonchev–Trinajstić information content (AvgIpc) is 3.38. The summed E-state index contributed by atoms with van der Waals surface area (Å²) in [4.78, 5) is 21.4. The second-order valence-corrected chi connectivity index (χ2v) is 6.26. The molecule has 136 valence electrons. The normalized spacial score (nSPS) is 17.0. The molecule has 0 saturated carbocycles. The van der Waals surface area contributed by atoms with Crippen LogP contribution in [0, 0.1) is 0 Å². The second kappa shape index (κ2) is 14.8. The Morgan fingerprint density at radius 3 is 2.43 bits per heavy atom. The Bertz CT molecular complexity index is 310. The highest BCUT2D eigenvalue weighted by Crippen LogP contribution is 2.09. The highest BCUT2D eigenvalue weighted by Gasteiger charge is 2.26. The van der Waals surface area contributed by atoms with Gasteiger partial charge in [0.15, 0.2) is 0 Å². The van der Waals surface area contributed by atoms with Gasteiger partial charge in [0.1, 0.15) is 0 Å². The molecule has 1 aliphatic rings. The zero-order valence-corrected chi connectivity index (χ0v) is 15.6. The van der Waals surface area contributed by atoms with Crippen molar-refractivity contribution >= 4 is 24.1 Å². The minimum Gasteiger partial charge on any atom is -0.468 e. The lowest BCUT2D eigenvalue weighted by Crippen LogP contribution is -2.48. The fourth-order valence-electron chi connectivity index (χ4n) is 1.88. The van der Waals surface area contributed by atoms with Crippen LogP contribution in [0.4, 0.5) is 0 Å². The van der Waals surface area contributed by atoms with Gasteiger partial charge in [-0.05, 0) is 38.2 Å². The van der Waals surface area contributed by atoms with Crippen molar-refractivity contribution in [2.45, 2.75) is 58.2 Å². The number of nitrogens with one attached hydrogen (secondary N) is 2. The van der Waals surface area contributed by atoms with E-state index in [2.05, 4.69) is 35.5 Å². The summed E-state index contributed by atoms with van der Waals surface area (Å²) >= 11 is 1.78. The molecule has 2 unspecified atom stereocenters. The van der Waals surface area contributed by atoms with E-state index in [1.807, 2.05) is 0 Å². The summed E-state index contributed by atoms with van der Waals surface area (Å²) in [5.74, 6) is 1.14. The van der Waals surface area contributed by atoms with Gasteiger partial charge < -0.3 is 20.1 Å². The van der Waals surface area contributed by atoms with Gasteiger partial charge in [-0.3, -0.25) is 9.59 Å². The zero-order chi connectivity index (χ0) is 17.5. The summed E-state index contributed by atoms with van der Waals surface area (Å²) in [5.41, 5.74) is 0. The van der Waals surface area contributed by atoms with Gasteiger partial charge >= 0.3 is 0 Å². The molecule has 1 heterocycles. The molecule has 0 aromatic rings. The number of rotatable bonds is 12. The Hall–Kier alpha value is -0.790. The zero-order valence-electron chi connectivity index (χ0n) is 14.8. The van der Waals surface area contributed by atoms with Gasteiger partial charge in [0, 0.05) is 12.6 Å². The molecule has 1 amide bonds. The molecule has 0 aromatic heterocycles. The smallest absolute Gasteiger partial charge is 0.293 e. The van der Waals surface area contributed by atoms with Gasteiger partial charge in [-0.25, -0.2) is 0 Å². The van der Waals surface area contributed by atoms with E-state index in [9.17, 15) is 9.59 Å². The number of hydrogen-bond donors (Lipinski definition) is 2. The molecule has 2 atom stereocenters. The van der Waals surface area contributed by atoms with Crippen LogP contribution in [0.2, 0.25) is 0 Å². The van der Waals surface area contributed by atoms with Gasteiger partial charge in [0.25, 0.3) is 6.47 Å². The first-order valence-corrected chi connectivity index (χ1v) is 9.71. The van der Waals surface area contributed by atoms with Crippen molar-refractivity contribution in [2.75, 3.05) is 31.8 Å². The van der Waals surface area contributed by atoms with E-state index in [0.29, 0.717) is 25.2 Å². The molecule has 0 aliphatic carbocycles. The lowest BCUT2D eigenvalue weighted by atomic mass is 10.1. The van der Waals surface area contributed by atoms with Gasteiger partial charge in [0.05, 0.1) is 25.4 Å². The number of hydrogen-bond acceptors (Lipinski definition) is 6. The molecule has 1 fully saturated rings. The van der Waals surface area contributed by atoms with Crippen LogP contribution in [0.1, 0.15) is 40.0 Å². The van der Waals surface area contributed by atoms with Crippen LogP contribution in [0.3, 0.4) is 0 Å². The van der Waals surface area contributed by atoms with Crippen LogP contribution in [0.25, 0.3) is 0 Å². The molecule has 0 spiro atoms. The van der Waals surface area contributed by atoms with Crippen LogP contribution >= 0.6 is 11.8 Å². The minimum atomic E-state index is -0.0813. The molecule has 0 radical (unpaired) electrons. The van der Waals surface area contributed by atoms with Crippen molar-refractivity contribution in [3.63, 3.8) is 0 Å². The van der Waals surface area contributed by atoms with Crippen molar-refractivity contribution in [1.29, 1.82) is 0 Å². The summed E-state index contributed by atoms with van der Waals surface area (Å²) in [7, 11) is 0. The van der Waals surface area contributed by atoms with Crippen LogP contribution in [0.15, 0.2) is 0 Å². The van der Waals surface area contributed by atoms with Crippen LogP contribution in [-0.2, 0) is 19.1 Å². The first-order valence-electron chi connectivity index (χ1n) is 8.32. The first-order chi connectivity index (χ1) is 11.1. The molecule has 7 heteroatoms. The highest BCUT2D eigenvalue weighted by atomic mass is 32.2. The first kappa shape index (κ1) is 22.2. The lowest BCUT2D eigenvalue weighted by molar-refractivity contribution is -0.128. The predicted octanol–water partition coefficient (Wildman–Crippen LogP) is 1.58. The summed E-state index contributed by atoms with van der Waals surface area (Å²) in [5, 5.41) is 6.44. The van der Waals surface area contributed by atoms with Gasteiger partial charge in [-0.15, -0.1) is 0 Å². The molecule has 0 bridgehead atoms. The van der Waals surface area contributed by atoms with E-state index in [-0.39, 0.29) is 11.9 Å². The number of carbonyl (C=O) groups is 2. The highest BCUT2D eigenvalue weighted by molar-refractivity contribution is 7.98. The van der Waals surface area contributed by atoms with E-state index in [0.717, 1.165) is 38.2 Å². The number of amides is 1. The molecular formula is C16H32N2O4S. The summed E-state index contributed by atoms with van der Waals surface area (Å²) in [6, 6.07) is 0.218. The maximum atomic E-state index is 12.2. The summed E-state index contributed by atoms with van der Waals surface area (Å²) in [6.07, 6.45) is 5.24. The molecule has 6 nitrogen and oxygen atoms in total. The molecule has 0 aromatic carbocycles. The molecular weight excluding hydrogens is 316 g/mol. The number of carbonyl (C=O) groups excluding carboxylic acids is 2. The Morgan fingerprint density at radius 1 is 1.39 bits per heavy atom. The van der Waals surface area contributed by atoms with Gasteiger partial charge in [-0.2, -0.15) is 11.8 Å². The van der Waals surface area contributed by atoms with Crippen LogP contribution < -0.4 is 10.6 Å². The Balaban J connectivity index is 0.000000841. The molecule has 23 heavy (non-hydrogen) atoms. The maximum absolute atomic E-state index is 12.2. The van der Waals surface area contributed by atoms with E-state index in [4.69, 9.17) is 4.74 Å². The third-order valence-electron chi connectivity index (χ3n) is 3.49. The third-order valence-corrected chi connectivity index (χ3v) is 4.13. The minimum absolute atomic E-state index is 0.0813. The quantitative estimate of drug-likeness (QED) is 0.412. The Kier molecular flexibility index (Phi) is 14.3. The molecule has 1 aliphatic heterocycles. The Labute approximate surface area is 144 Å². The Morgan fingerprint density at radius 2 is 2.04 bits per heavy atom. The predicted molar refractivity (Wildman–Crippen MR) is 94.7 cm³/mol. The van der Waals surface area contributed by atoms with Crippen LogP contribution in [0.5, 0.6) is 0 Å². The van der Waals surface area contributed by atoms with Crippen molar-refractivity contribution in [2.24, 2.45) is 0 Å². The monoisotopic (exact) mass is 348 g/mol. The third kappa shape index (κ3) is 12.3. The second-order valence-electron chi connectivity index (χ2n) is 5.27. The van der Waals surface area contributed by atoms with Crippen molar-refractivity contribution in [3.8, 4) is 0 Å². The van der Waals surface area contributed by atoms with Gasteiger partial charge in [-0.1, -0.05) is 13.8 Å². The van der Waals surface area contributed by atoms with E-state index >= 15 is 0 Å². The van der Waals surface area contributed by atoms with Crippen molar-refractivity contribution in [3.05, 3.63) is 0 Å². The topological polar surface area (TPSA) is 80.0 Å². The number of thioether (sulfide) groups is 1. The maximum Gasteiger partial charge on any atom is 0.293 e. The van der Waals surface area contributed by atoms with Crippen LogP contribution in [-0.4, -0.2) is 62.3 Å². The lowest BCUT2D eigenvalue weighted by Gasteiger charge is -2.21. The van der Waals surface area contributed by atoms with Crippen molar-refractivity contribution < 1.29 is 19.1 Å². The van der Waals surface area contributed by atoms with Crippen molar-refractivity contribution in [1.82, 2.24) is 10.6 Å². The van der Waals surface area contributed by atoms with E-state index < -0.39 is 0 Å². The summed E-state index contributed by atoms with van der Waals surface area (Å²) in [6.45, 7) is 8.50. The van der Waals surface area contributed by atoms with E-state index in [1.54, 1.807) is 18.7 Å². The SMILES string of the molecule is CCC(CC)NC(=O)C(CCSC)NCC1CO1.CCOC=O. The fraction of sp³-hybridized carbons (Fsp3) is 0.875.